The number of nitrogens with zero attached hydrogens (tertiary/aromatic N) is 1. The van der Waals surface area contributed by atoms with Crippen LogP contribution in [0.4, 0.5) is 4.79 Å². The molecule has 1 saturated heterocycles. The highest BCUT2D eigenvalue weighted by Crippen LogP contribution is 2.48. The van der Waals surface area contributed by atoms with Gasteiger partial charge in [-0.3, -0.25) is 0 Å². The Hall–Kier alpha value is -0.480. The summed E-state index contributed by atoms with van der Waals surface area (Å²) in [5, 5.41) is 0. The van der Waals surface area contributed by atoms with Crippen LogP contribution in [0.15, 0.2) is 0 Å². The first-order valence-electron chi connectivity index (χ1n) is 6.56. The molecule has 4 nitrogen and oxygen atoms in total. The molecule has 1 heterocycles. The van der Waals surface area contributed by atoms with Crippen molar-refractivity contribution in [2.45, 2.75) is 58.1 Å². The number of carbonyl (C=O) groups excluding carboxylic acids is 1. The molecule has 1 aliphatic heterocycles. The molecule has 2 rings (SSSR count). The summed E-state index contributed by atoms with van der Waals surface area (Å²) in [5.41, 5.74) is 6.00. The summed E-state index contributed by atoms with van der Waals surface area (Å²) in [7, 11) is 0. The fourth-order valence-electron chi connectivity index (χ4n) is 2.80. The van der Waals surface area contributed by atoms with Crippen LogP contribution < -0.4 is 5.73 Å². The highest BCUT2D eigenvalue weighted by atomic mass is 35.5. The number of piperidine rings is 1. The fraction of sp³-hybridized carbons (Fsp3) is 0.923. The van der Waals surface area contributed by atoms with E-state index in [0.717, 1.165) is 32.4 Å². The van der Waals surface area contributed by atoms with Gasteiger partial charge in [-0.2, -0.15) is 0 Å². The zero-order valence-electron chi connectivity index (χ0n) is 11.6. The minimum absolute atomic E-state index is 0. The van der Waals surface area contributed by atoms with Gasteiger partial charge in [0.25, 0.3) is 0 Å². The quantitative estimate of drug-likeness (QED) is 0.740. The Morgan fingerprint density at radius 1 is 1.28 bits per heavy atom. The third-order valence-electron chi connectivity index (χ3n) is 4.15. The van der Waals surface area contributed by atoms with Gasteiger partial charge >= 0.3 is 6.09 Å². The van der Waals surface area contributed by atoms with Crippen molar-refractivity contribution in [1.29, 1.82) is 0 Å². The number of rotatable bonds is 0. The smallest absolute Gasteiger partial charge is 0.410 e. The van der Waals surface area contributed by atoms with Gasteiger partial charge in [0.15, 0.2) is 0 Å². The number of halogens is 1. The standard InChI is InChI=1S/C13H24N2O2.ClH/c1-12(2,3)17-11(16)15-8-6-13(7-9-15)5-4-10(13)14;/h10H,4-9,14H2,1-3H3;1H. The molecule has 0 bridgehead atoms. The normalized spacial score (nSPS) is 26.2. The topological polar surface area (TPSA) is 55.6 Å². The van der Waals surface area contributed by atoms with Crippen LogP contribution in [0.1, 0.15) is 46.5 Å². The van der Waals surface area contributed by atoms with Crippen molar-refractivity contribution < 1.29 is 9.53 Å². The molecule has 0 radical (unpaired) electrons. The molecule has 1 aliphatic carbocycles. The molecule has 1 amide bonds. The second-order valence-corrected chi connectivity index (χ2v) is 6.47. The number of carbonyl (C=O) groups is 1. The number of amides is 1. The van der Waals surface area contributed by atoms with Crippen molar-refractivity contribution in [3.63, 3.8) is 0 Å². The van der Waals surface area contributed by atoms with Crippen LogP contribution >= 0.6 is 12.4 Å². The highest BCUT2D eigenvalue weighted by Gasteiger charge is 2.47. The van der Waals surface area contributed by atoms with Crippen LogP contribution in [-0.4, -0.2) is 35.7 Å². The van der Waals surface area contributed by atoms with E-state index in [1.54, 1.807) is 0 Å². The van der Waals surface area contributed by atoms with Crippen LogP contribution in [-0.2, 0) is 4.74 Å². The molecule has 2 fully saturated rings. The highest BCUT2D eigenvalue weighted by molar-refractivity contribution is 5.85. The van der Waals surface area contributed by atoms with Gasteiger partial charge < -0.3 is 15.4 Å². The molecule has 106 valence electrons. The number of ether oxygens (including phenoxy) is 1. The summed E-state index contributed by atoms with van der Waals surface area (Å²) in [6.07, 6.45) is 4.27. The largest absolute Gasteiger partial charge is 0.444 e. The van der Waals surface area contributed by atoms with Crippen LogP contribution in [0.2, 0.25) is 0 Å². The van der Waals surface area contributed by atoms with Crippen LogP contribution in [0.5, 0.6) is 0 Å². The second kappa shape index (κ2) is 5.25. The number of hydrogen-bond acceptors (Lipinski definition) is 3. The second-order valence-electron chi connectivity index (χ2n) is 6.47. The van der Waals surface area contributed by atoms with Crippen molar-refractivity contribution in [3.8, 4) is 0 Å². The third kappa shape index (κ3) is 3.09. The van der Waals surface area contributed by atoms with Crippen molar-refractivity contribution in [3.05, 3.63) is 0 Å². The predicted molar refractivity (Wildman–Crippen MR) is 73.9 cm³/mol. The van der Waals surface area contributed by atoms with E-state index < -0.39 is 5.60 Å². The monoisotopic (exact) mass is 276 g/mol. The molecular weight excluding hydrogens is 252 g/mol. The molecule has 1 atom stereocenters. The summed E-state index contributed by atoms with van der Waals surface area (Å²) in [6.45, 7) is 7.29. The Labute approximate surface area is 116 Å². The summed E-state index contributed by atoms with van der Waals surface area (Å²) in [5.74, 6) is 0. The zero-order chi connectivity index (χ0) is 12.7. The van der Waals surface area contributed by atoms with Crippen molar-refractivity contribution in [2.24, 2.45) is 11.1 Å². The van der Waals surface area contributed by atoms with E-state index in [9.17, 15) is 4.79 Å². The summed E-state index contributed by atoms with van der Waals surface area (Å²) in [4.78, 5) is 13.7. The average Bonchev–Trinajstić information content (AvgIpc) is 2.25. The van der Waals surface area contributed by atoms with Gasteiger partial charge in [-0.05, 0) is 51.9 Å². The lowest BCUT2D eigenvalue weighted by molar-refractivity contribution is -0.0148. The molecule has 1 unspecified atom stereocenters. The first kappa shape index (κ1) is 15.6. The van der Waals surface area contributed by atoms with Gasteiger partial charge in [0.1, 0.15) is 5.60 Å². The minimum Gasteiger partial charge on any atom is -0.444 e. The van der Waals surface area contributed by atoms with Gasteiger partial charge in [0.2, 0.25) is 0 Å². The lowest BCUT2D eigenvalue weighted by atomic mass is 9.60. The molecule has 2 aliphatic rings. The van der Waals surface area contributed by atoms with E-state index >= 15 is 0 Å². The Balaban J connectivity index is 0.00000162. The van der Waals surface area contributed by atoms with Gasteiger partial charge in [0.05, 0.1) is 0 Å². The first-order valence-corrected chi connectivity index (χ1v) is 6.56. The van der Waals surface area contributed by atoms with Crippen molar-refractivity contribution in [2.75, 3.05) is 13.1 Å². The van der Waals surface area contributed by atoms with E-state index in [1.165, 1.54) is 6.42 Å². The lowest BCUT2D eigenvalue weighted by Gasteiger charge is -2.52. The van der Waals surface area contributed by atoms with Crippen LogP contribution in [0.25, 0.3) is 0 Å². The van der Waals surface area contributed by atoms with E-state index in [2.05, 4.69) is 0 Å². The van der Waals surface area contributed by atoms with E-state index in [1.807, 2.05) is 25.7 Å². The molecular formula is C13H25ClN2O2. The fourth-order valence-corrected chi connectivity index (χ4v) is 2.80. The van der Waals surface area contributed by atoms with Crippen LogP contribution in [0.3, 0.4) is 0 Å². The molecule has 18 heavy (non-hydrogen) atoms. The molecule has 0 aromatic heterocycles. The number of hydrogen-bond donors (Lipinski definition) is 1. The van der Waals surface area contributed by atoms with E-state index in [-0.39, 0.29) is 18.5 Å². The van der Waals surface area contributed by atoms with E-state index in [0.29, 0.717) is 11.5 Å². The molecule has 0 aromatic carbocycles. The molecule has 5 heteroatoms. The SMILES string of the molecule is CC(C)(C)OC(=O)N1CCC2(CCC2N)CC1.Cl. The van der Waals surface area contributed by atoms with Crippen molar-refractivity contribution in [1.82, 2.24) is 4.90 Å². The maximum absolute atomic E-state index is 11.9. The first-order chi connectivity index (χ1) is 7.82. The summed E-state index contributed by atoms with van der Waals surface area (Å²) >= 11 is 0. The Morgan fingerprint density at radius 2 is 1.83 bits per heavy atom. The zero-order valence-corrected chi connectivity index (χ0v) is 12.4. The van der Waals surface area contributed by atoms with Crippen molar-refractivity contribution >= 4 is 18.5 Å². The maximum atomic E-state index is 11.9. The number of likely N-dealkylation sites (tertiary alicyclic amines) is 1. The Morgan fingerprint density at radius 3 is 2.17 bits per heavy atom. The molecule has 0 aromatic rings. The van der Waals surface area contributed by atoms with Gasteiger partial charge in [0, 0.05) is 19.1 Å². The Bertz CT molecular complexity index is 307. The minimum atomic E-state index is -0.404. The average molecular weight is 277 g/mol. The van der Waals surface area contributed by atoms with Crippen LogP contribution in [0, 0.1) is 5.41 Å². The molecule has 2 N–H and O–H groups in total. The lowest BCUT2D eigenvalue weighted by Crippen LogP contribution is -2.57. The van der Waals surface area contributed by atoms with Gasteiger partial charge in [-0.1, -0.05) is 0 Å². The van der Waals surface area contributed by atoms with E-state index in [4.69, 9.17) is 10.5 Å². The van der Waals surface area contributed by atoms with Gasteiger partial charge in [-0.15, -0.1) is 12.4 Å². The number of nitrogens with two attached hydrogens (primary N) is 1. The maximum Gasteiger partial charge on any atom is 0.410 e. The summed E-state index contributed by atoms with van der Waals surface area (Å²) in [6, 6.07) is 0.350. The predicted octanol–water partition coefficient (Wildman–Crippen LogP) is 2.55. The molecule has 1 saturated carbocycles. The van der Waals surface area contributed by atoms with Gasteiger partial charge in [-0.25, -0.2) is 4.79 Å². The Kier molecular flexibility index (Phi) is 4.55. The third-order valence-corrected chi connectivity index (χ3v) is 4.15. The molecule has 1 spiro atoms. The summed E-state index contributed by atoms with van der Waals surface area (Å²) < 4.78 is 5.38.